The molecule has 1 aliphatic heterocycles. The smallest absolute Gasteiger partial charge is 0.0592 e. The topological polar surface area (TPSA) is 16.1 Å². The zero-order valence-corrected chi connectivity index (χ0v) is 11.9. The van der Waals surface area contributed by atoms with E-state index in [1.165, 1.54) is 12.1 Å². The third kappa shape index (κ3) is 2.36. The molecule has 0 aliphatic carbocycles. The lowest BCUT2D eigenvalue weighted by Crippen LogP contribution is -2.26. The van der Waals surface area contributed by atoms with Gasteiger partial charge in [0.25, 0.3) is 0 Å². The van der Waals surface area contributed by atoms with Crippen molar-refractivity contribution in [3.05, 3.63) is 22.9 Å². The number of anilines is 1. The van der Waals surface area contributed by atoms with E-state index in [0.29, 0.717) is 5.41 Å². The molecule has 4 heteroatoms. The van der Waals surface area contributed by atoms with Crippen LogP contribution in [0.1, 0.15) is 13.3 Å². The first-order valence-electron chi connectivity index (χ1n) is 5.05. The van der Waals surface area contributed by atoms with Crippen LogP contribution >= 0.6 is 31.9 Å². The summed E-state index contributed by atoms with van der Waals surface area (Å²) < 4.78 is 1.09. The van der Waals surface area contributed by atoms with Gasteiger partial charge in [-0.25, -0.2) is 0 Å². The largest absolute Gasteiger partial charge is 0.370 e. The first kappa shape index (κ1) is 11.4. The van der Waals surface area contributed by atoms with Gasteiger partial charge in [0.15, 0.2) is 0 Å². The van der Waals surface area contributed by atoms with Gasteiger partial charge in [-0.15, -0.1) is 0 Å². The van der Waals surface area contributed by atoms with Gasteiger partial charge in [0.2, 0.25) is 0 Å². The number of rotatable bonds is 2. The summed E-state index contributed by atoms with van der Waals surface area (Å²) in [5.74, 6) is 0. The fourth-order valence-corrected chi connectivity index (χ4v) is 2.92. The summed E-state index contributed by atoms with van der Waals surface area (Å²) in [6, 6.07) is 2.07. The van der Waals surface area contributed by atoms with Crippen LogP contribution in [-0.4, -0.2) is 23.4 Å². The van der Waals surface area contributed by atoms with Gasteiger partial charge in [-0.1, -0.05) is 22.9 Å². The Kier molecular flexibility index (Phi) is 3.36. The van der Waals surface area contributed by atoms with Crippen LogP contribution in [0.25, 0.3) is 0 Å². The summed E-state index contributed by atoms with van der Waals surface area (Å²) in [4.78, 5) is 6.51. The standard InChI is InChI=1S/C11H14Br2N2/c1-11(7-12)3-5-15(8-11)10-2-4-14-6-9(10)13/h2,4,6H,3,5,7-8H2,1H3. The number of hydrogen-bond donors (Lipinski definition) is 0. The third-order valence-corrected chi connectivity index (χ3v) is 4.94. The Bertz CT molecular complexity index is 356. The Balaban J connectivity index is 2.18. The lowest BCUT2D eigenvalue weighted by molar-refractivity contribution is 0.432. The van der Waals surface area contributed by atoms with Gasteiger partial charge < -0.3 is 4.90 Å². The maximum absolute atomic E-state index is 4.09. The highest BCUT2D eigenvalue weighted by molar-refractivity contribution is 9.10. The Morgan fingerprint density at radius 3 is 3.00 bits per heavy atom. The van der Waals surface area contributed by atoms with Crippen LogP contribution in [-0.2, 0) is 0 Å². The van der Waals surface area contributed by atoms with Gasteiger partial charge in [0, 0.05) is 30.8 Å². The summed E-state index contributed by atoms with van der Waals surface area (Å²) in [5.41, 5.74) is 1.66. The van der Waals surface area contributed by atoms with Crippen molar-refractivity contribution >= 4 is 37.5 Å². The number of nitrogens with zero attached hydrogens (tertiary/aromatic N) is 2. The number of pyridine rings is 1. The summed E-state index contributed by atoms with van der Waals surface area (Å²) in [7, 11) is 0. The Morgan fingerprint density at radius 1 is 1.60 bits per heavy atom. The van der Waals surface area contributed by atoms with Crippen molar-refractivity contribution in [1.82, 2.24) is 4.98 Å². The van der Waals surface area contributed by atoms with Gasteiger partial charge in [-0.3, -0.25) is 4.98 Å². The molecule has 1 fully saturated rings. The lowest BCUT2D eigenvalue weighted by Gasteiger charge is -2.23. The van der Waals surface area contributed by atoms with E-state index in [1.54, 1.807) is 0 Å². The van der Waals surface area contributed by atoms with Crippen molar-refractivity contribution in [3.8, 4) is 0 Å². The van der Waals surface area contributed by atoms with Gasteiger partial charge in [-0.05, 0) is 33.8 Å². The highest BCUT2D eigenvalue weighted by Gasteiger charge is 2.33. The normalized spacial score (nSPS) is 25.9. The van der Waals surface area contributed by atoms with E-state index in [2.05, 4.69) is 54.7 Å². The third-order valence-electron chi connectivity index (χ3n) is 2.97. The van der Waals surface area contributed by atoms with E-state index in [9.17, 15) is 0 Å². The Morgan fingerprint density at radius 2 is 2.40 bits per heavy atom. The molecule has 2 rings (SSSR count). The molecule has 0 spiro atoms. The number of alkyl halides is 1. The van der Waals surface area contributed by atoms with Crippen molar-refractivity contribution in [3.63, 3.8) is 0 Å². The zero-order chi connectivity index (χ0) is 10.9. The van der Waals surface area contributed by atoms with Gasteiger partial charge >= 0.3 is 0 Å². The molecule has 1 saturated heterocycles. The van der Waals surface area contributed by atoms with Crippen LogP contribution in [0, 0.1) is 5.41 Å². The molecule has 82 valence electrons. The maximum atomic E-state index is 4.09. The van der Waals surface area contributed by atoms with E-state index in [-0.39, 0.29) is 0 Å². The molecule has 0 saturated carbocycles. The Hall–Kier alpha value is -0.0900. The van der Waals surface area contributed by atoms with Crippen LogP contribution in [0.3, 0.4) is 0 Å². The molecule has 15 heavy (non-hydrogen) atoms. The number of halogens is 2. The minimum Gasteiger partial charge on any atom is -0.370 e. The molecule has 0 amide bonds. The molecular weight excluding hydrogens is 320 g/mol. The molecule has 0 bridgehead atoms. The Labute approximate surface area is 107 Å². The summed E-state index contributed by atoms with van der Waals surface area (Å²) >= 11 is 7.15. The molecule has 0 aromatic carbocycles. The average Bonchev–Trinajstić information content (AvgIpc) is 2.63. The van der Waals surface area contributed by atoms with Crippen LogP contribution in [0.2, 0.25) is 0 Å². The molecule has 1 aromatic rings. The number of hydrogen-bond acceptors (Lipinski definition) is 2. The summed E-state index contributed by atoms with van der Waals surface area (Å²) in [6.45, 7) is 4.57. The second kappa shape index (κ2) is 4.42. The second-order valence-electron chi connectivity index (χ2n) is 4.44. The monoisotopic (exact) mass is 332 g/mol. The zero-order valence-electron chi connectivity index (χ0n) is 8.71. The van der Waals surface area contributed by atoms with E-state index < -0.39 is 0 Å². The van der Waals surface area contributed by atoms with E-state index in [4.69, 9.17) is 0 Å². The fraction of sp³-hybridized carbons (Fsp3) is 0.545. The molecule has 2 heterocycles. The van der Waals surface area contributed by atoms with Crippen LogP contribution in [0.5, 0.6) is 0 Å². The van der Waals surface area contributed by atoms with E-state index >= 15 is 0 Å². The average molecular weight is 334 g/mol. The molecular formula is C11H14Br2N2. The molecule has 1 aromatic heterocycles. The first-order valence-corrected chi connectivity index (χ1v) is 6.96. The minimum atomic E-state index is 0.405. The highest BCUT2D eigenvalue weighted by atomic mass is 79.9. The van der Waals surface area contributed by atoms with Crippen molar-refractivity contribution in [2.75, 3.05) is 23.3 Å². The predicted molar refractivity (Wildman–Crippen MR) is 70.7 cm³/mol. The fourth-order valence-electron chi connectivity index (χ4n) is 1.96. The first-order chi connectivity index (χ1) is 7.14. The quantitative estimate of drug-likeness (QED) is 0.770. The van der Waals surface area contributed by atoms with Crippen molar-refractivity contribution in [1.29, 1.82) is 0 Å². The van der Waals surface area contributed by atoms with Gasteiger partial charge in [-0.2, -0.15) is 0 Å². The number of aromatic nitrogens is 1. The molecule has 0 N–H and O–H groups in total. The molecule has 1 aliphatic rings. The van der Waals surface area contributed by atoms with Crippen LogP contribution in [0.4, 0.5) is 5.69 Å². The van der Waals surface area contributed by atoms with Crippen molar-refractivity contribution in [2.24, 2.45) is 5.41 Å². The van der Waals surface area contributed by atoms with Crippen LogP contribution in [0.15, 0.2) is 22.9 Å². The maximum Gasteiger partial charge on any atom is 0.0592 e. The SMILES string of the molecule is CC1(CBr)CCN(c2ccncc2Br)C1. The molecule has 1 atom stereocenters. The van der Waals surface area contributed by atoms with Gasteiger partial charge in [0.05, 0.1) is 10.2 Å². The van der Waals surface area contributed by atoms with E-state index in [1.807, 2.05) is 12.4 Å². The highest BCUT2D eigenvalue weighted by Crippen LogP contribution is 2.36. The minimum absolute atomic E-state index is 0.405. The summed E-state index contributed by atoms with van der Waals surface area (Å²) in [5, 5.41) is 1.07. The summed E-state index contributed by atoms with van der Waals surface area (Å²) in [6.07, 6.45) is 4.95. The molecule has 0 radical (unpaired) electrons. The van der Waals surface area contributed by atoms with Gasteiger partial charge in [0.1, 0.15) is 0 Å². The molecule has 2 nitrogen and oxygen atoms in total. The predicted octanol–water partition coefficient (Wildman–Crippen LogP) is 3.46. The second-order valence-corrected chi connectivity index (χ2v) is 5.86. The van der Waals surface area contributed by atoms with Crippen molar-refractivity contribution < 1.29 is 0 Å². The molecule has 1 unspecified atom stereocenters. The van der Waals surface area contributed by atoms with Crippen molar-refractivity contribution in [2.45, 2.75) is 13.3 Å². The van der Waals surface area contributed by atoms with Crippen LogP contribution < -0.4 is 4.90 Å². The van der Waals surface area contributed by atoms with E-state index in [0.717, 1.165) is 22.9 Å². The lowest BCUT2D eigenvalue weighted by atomic mass is 9.93.